The highest BCUT2D eigenvalue weighted by atomic mass is 19.1. The molecule has 0 saturated heterocycles. The summed E-state index contributed by atoms with van der Waals surface area (Å²) >= 11 is 0. The quantitative estimate of drug-likeness (QED) is 0.839. The monoisotopic (exact) mass is 268 g/mol. The van der Waals surface area contributed by atoms with E-state index in [1.165, 1.54) is 11.6 Å². The lowest BCUT2D eigenvalue weighted by Crippen LogP contribution is -2.14. The van der Waals surface area contributed by atoms with Gasteiger partial charge in [0.2, 0.25) is 0 Å². The summed E-state index contributed by atoms with van der Waals surface area (Å²) in [5, 5.41) is 3.19. The molecule has 0 fully saturated rings. The normalized spacial score (nSPS) is 16.9. The third kappa shape index (κ3) is 2.10. The Morgan fingerprint density at radius 2 is 1.95 bits per heavy atom. The highest BCUT2D eigenvalue weighted by Gasteiger charge is 2.24. The first-order chi connectivity index (χ1) is 9.70. The van der Waals surface area contributed by atoms with Crippen LogP contribution < -0.4 is 11.1 Å². The van der Waals surface area contributed by atoms with E-state index in [0.717, 1.165) is 17.7 Å². The Bertz CT molecular complexity index is 676. The second kappa shape index (κ2) is 5.10. The maximum absolute atomic E-state index is 14.1. The van der Waals surface area contributed by atoms with E-state index in [-0.39, 0.29) is 11.7 Å². The predicted octanol–water partition coefficient (Wildman–Crippen LogP) is 3.16. The van der Waals surface area contributed by atoms with Crippen LogP contribution in [0, 0.1) is 5.82 Å². The van der Waals surface area contributed by atoms with E-state index < -0.39 is 0 Å². The maximum Gasteiger partial charge on any atom is 0.131 e. The van der Waals surface area contributed by atoms with Crippen LogP contribution in [-0.4, -0.2) is 13.6 Å². The van der Waals surface area contributed by atoms with Gasteiger partial charge in [0.25, 0.3) is 0 Å². The highest BCUT2D eigenvalue weighted by molar-refractivity contribution is 5.86. The molecule has 0 amide bonds. The zero-order chi connectivity index (χ0) is 14.1. The average molecular weight is 268 g/mol. The number of rotatable bonds is 3. The molecule has 0 radical (unpaired) electrons. The molecule has 1 aliphatic carbocycles. The highest BCUT2D eigenvalue weighted by Crippen LogP contribution is 2.40. The van der Waals surface area contributed by atoms with Gasteiger partial charge in [-0.25, -0.2) is 4.39 Å². The summed E-state index contributed by atoms with van der Waals surface area (Å²) in [6.07, 6.45) is 2.12. The van der Waals surface area contributed by atoms with E-state index in [2.05, 4.69) is 17.5 Å². The van der Waals surface area contributed by atoms with E-state index >= 15 is 0 Å². The number of halogens is 1. The van der Waals surface area contributed by atoms with Crippen LogP contribution >= 0.6 is 0 Å². The van der Waals surface area contributed by atoms with Crippen LogP contribution in [0.3, 0.4) is 0 Å². The predicted molar refractivity (Wildman–Crippen MR) is 81.0 cm³/mol. The summed E-state index contributed by atoms with van der Waals surface area (Å²) < 4.78 is 14.1. The van der Waals surface area contributed by atoms with Crippen molar-refractivity contribution < 1.29 is 4.39 Å². The molecule has 102 valence electrons. The standard InChI is InChI=1S/C17H17FN2/c1-20-10-11-8-15(14-5-3-2-4-13(11)14)16-9-12(19)6-7-17(16)18/h2-9,11,20H,10,19H2,1H3. The molecule has 3 N–H and O–H groups in total. The van der Waals surface area contributed by atoms with E-state index in [1.54, 1.807) is 12.1 Å². The Morgan fingerprint density at radius 1 is 1.15 bits per heavy atom. The molecule has 20 heavy (non-hydrogen) atoms. The molecule has 2 nitrogen and oxygen atoms in total. The van der Waals surface area contributed by atoms with Crippen LogP contribution in [0.1, 0.15) is 22.6 Å². The minimum absolute atomic E-state index is 0.231. The van der Waals surface area contributed by atoms with Crippen LogP contribution in [0.25, 0.3) is 5.57 Å². The molecule has 2 aromatic carbocycles. The van der Waals surface area contributed by atoms with Crippen molar-refractivity contribution in [2.45, 2.75) is 5.92 Å². The van der Waals surface area contributed by atoms with Crippen molar-refractivity contribution in [1.82, 2.24) is 5.32 Å². The minimum atomic E-state index is -0.231. The molecule has 0 saturated carbocycles. The van der Waals surface area contributed by atoms with Crippen molar-refractivity contribution in [3.8, 4) is 0 Å². The third-order valence-corrected chi connectivity index (χ3v) is 3.72. The van der Waals surface area contributed by atoms with Gasteiger partial charge in [-0.2, -0.15) is 0 Å². The Hall–Kier alpha value is -2.13. The Morgan fingerprint density at radius 3 is 2.75 bits per heavy atom. The van der Waals surface area contributed by atoms with Crippen molar-refractivity contribution in [3.63, 3.8) is 0 Å². The smallest absolute Gasteiger partial charge is 0.131 e. The first-order valence-electron chi connectivity index (χ1n) is 6.72. The molecule has 1 aliphatic rings. The molecule has 3 rings (SSSR count). The lowest BCUT2D eigenvalue weighted by molar-refractivity contribution is 0.624. The number of anilines is 1. The van der Waals surface area contributed by atoms with E-state index in [9.17, 15) is 4.39 Å². The number of nitrogens with one attached hydrogen (secondary N) is 1. The molecule has 0 aliphatic heterocycles. The van der Waals surface area contributed by atoms with Gasteiger partial charge in [0.15, 0.2) is 0 Å². The summed E-state index contributed by atoms with van der Waals surface area (Å²) in [7, 11) is 1.93. The first kappa shape index (κ1) is 12.9. The van der Waals surface area contributed by atoms with Gasteiger partial charge in [0.05, 0.1) is 0 Å². The topological polar surface area (TPSA) is 38.0 Å². The number of benzene rings is 2. The fourth-order valence-electron chi connectivity index (χ4n) is 2.82. The summed E-state index contributed by atoms with van der Waals surface area (Å²) in [6.45, 7) is 0.838. The van der Waals surface area contributed by atoms with E-state index in [1.807, 2.05) is 25.2 Å². The molecule has 1 atom stereocenters. The molecule has 0 bridgehead atoms. The lowest BCUT2D eigenvalue weighted by atomic mass is 9.97. The van der Waals surface area contributed by atoms with Crippen LogP contribution in [0.2, 0.25) is 0 Å². The molecular weight excluding hydrogens is 251 g/mol. The van der Waals surface area contributed by atoms with Gasteiger partial charge < -0.3 is 11.1 Å². The Labute approximate surface area is 118 Å². The fraction of sp³-hybridized carbons (Fsp3) is 0.176. The second-order valence-corrected chi connectivity index (χ2v) is 5.07. The number of nitrogens with two attached hydrogens (primary N) is 1. The van der Waals surface area contributed by atoms with Crippen molar-refractivity contribution in [1.29, 1.82) is 0 Å². The largest absolute Gasteiger partial charge is 0.399 e. The molecule has 3 heteroatoms. The summed E-state index contributed by atoms with van der Waals surface area (Å²) in [5.74, 6) is 0.0393. The molecule has 0 heterocycles. The second-order valence-electron chi connectivity index (χ2n) is 5.07. The van der Waals surface area contributed by atoms with E-state index in [4.69, 9.17) is 5.73 Å². The zero-order valence-electron chi connectivity index (χ0n) is 11.4. The van der Waals surface area contributed by atoms with Gasteiger partial charge in [-0.15, -0.1) is 0 Å². The van der Waals surface area contributed by atoms with Crippen molar-refractivity contribution in [2.24, 2.45) is 0 Å². The van der Waals surface area contributed by atoms with Gasteiger partial charge in [-0.05, 0) is 41.9 Å². The summed E-state index contributed by atoms with van der Waals surface area (Å²) in [5.41, 5.74) is 10.2. The summed E-state index contributed by atoms with van der Waals surface area (Å²) in [6, 6.07) is 12.9. The summed E-state index contributed by atoms with van der Waals surface area (Å²) in [4.78, 5) is 0. The van der Waals surface area contributed by atoms with Gasteiger partial charge in [0, 0.05) is 23.7 Å². The van der Waals surface area contributed by atoms with Gasteiger partial charge >= 0.3 is 0 Å². The van der Waals surface area contributed by atoms with Gasteiger partial charge in [-0.1, -0.05) is 30.3 Å². The molecule has 1 unspecified atom stereocenters. The van der Waals surface area contributed by atoms with E-state index in [0.29, 0.717) is 11.3 Å². The lowest BCUT2D eigenvalue weighted by Gasteiger charge is -2.10. The fourth-order valence-corrected chi connectivity index (χ4v) is 2.82. The number of hydrogen-bond acceptors (Lipinski definition) is 2. The number of fused-ring (bicyclic) bond motifs is 1. The van der Waals surface area contributed by atoms with Crippen LogP contribution in [0.4, 0.5) is 10.1 Å². The van der Waals surface area contributed by atoms with Crippen LogP contribution in [0.5, 0.6) is 0 Å². The van der Waals surface area contributed by atoms with Crippen molar-refractivity contribution >= 4 is 11.3 Å². The van der Waals surface area contributed by atoms with Crippen molar-refractivity contribution in [3.05, 3.63) is 71.0 Å². The van der Waals surface area contributed by atoms with Crippen molar-refractivity contribution in [2.75, 3.05) is 19.3 Å². The van der Waals surface area contributed by atoms with Gasteiger partial charge in [0.1, 0.15) is 5.82 Å². The Kier molecular flexibility index (Phi) is 3.28. The number of hydrogen-bond donors (Lipinski definition) is 2. The number of likely N-dealkylation sites (N-methyl/N-ethyl adjacent to an activating group) is 1. The molecule has 0 spiro atoms. The Balaban J connectivity index is 2.14. The van der Waals surface area contributed by atoms with Gasteiger partial charge in [-0.3, -0.25) is 0 Å². The zero-order valence-corrected chi connectivity index (χ0v) is 11.4. The maximum atomic E-state index is 14.1. The molecule has 2 aromatic rings. The number of nitrogen functional groups attached to an aromatic ring is 1. The SMILES string of the molecule is CNCC1C=C(c2cc(N)ccc2F)c2ccccc21. The third-order valence-electron chi connectivity index (χ3n) is 3.72. The minimum Gasteiger partial charge on any atom is -0.399 e. The van der Waals surface area contributed by atoms with Crippen LogP contribution in [-0.2, 0) is 0 Å². The average Bonchev–Trinajstić information content (AvgIpc) is 2.81. The first-order valence-corrected chi connectivity index (χ1v) is 6.72. The molecule has 0 aromatic heterocycles. The molecular formula is C17H17FN2. The van der Waals surface area contributed by atoms with Crippen LogP contribution in [0.15, 0.2) is 48.5 Å².